The van der Waals surface area contributed by atoms with Crippen LogP contribution in [0.4, 0.5) is 4.39 Å². The third-order valence-electron chi connectivity index (χ3n) is 5.70. The van der Waals surface area contributed by atoms with Crippen LogP contribution < -0.4 is 4.74 Å². The number of ether oxygens (including phenoxy) is 1. The molecule has 0 saturated heterocycles. The third kappa shape index (κ3) is 6.07. The van der Waals surface area contributed by atoms with E-state index in [1.807, 2.05) is 36.9 Å². The normalized spacial score (nSPS) is 12.3. The molecule has 3 rings (SSSR count). The second-order valence-electron chi connectivity index (χ2n) is 8.15. The zero-order valence-corrected chi connectivity index (χ0v) is 20.3. The minimum Gasteiger partial charge on any atom is -0.465 e. The summed E-state index contributed by atoms with van der Waals surface area (Å²) in [7, 11) is 0. The molecule has 0 spiro atoms. The first kappa shape index (κ1) is 25.1. The van der Waals surface area contributed by atoms with Gasteiger partial charge in [-0.15, -0.1) is 0 Å². The monoisotopic (exact) mass is 461 g/mol. The molecule has 3 aromatic rings. The maximum atomic E-state index is 13.9. The Bertz CT molecular complexity index is 1110. The van der Waals surface area contributed by atoms with Crippen LogP contribution in [0, 0.1) is 12.7 Å². The Balaban J connectivity index is 1.96. The van der Waals surface area contributed by atoms with Crippen LogP contribution in [-0.2, 0) is 0 Å². The fraction of sp³-hybridized carbons (Fsp3) is 0.321. The Hall–Kier alpha value is -3.54. The van der Waals surface area contributed by atoms with E-state index in [1.54, 1.807) is 36.9 Å². The Morgan fingerprint density at radius 2 is 1.79 bits per heavy atom. The number of carbonyl (C=O) groups is 1. The Kier molecular flexibility index (Phi) is 8.91. The first-order chi connectivity index (χ1) is 16.5. The van der Waals surface area contributed by atoms with Gasteiger partial charge in [0.1, 0.15) is 11.6 Å². The molecule has 0 saturated carbocycles. The van der Waals surface area contributed by atoms with E-state index in [0.29, 0.717) is 29.2 Å². The van der Waals surface area contributed by atoms with Crippen LogP contribution in [-0.4, -0.2) is 33.4 Å². The van der Waals surface area contributed by atoms with Gasteiger partial charge in [-0.1, -0.05) is 38.0 Å². The molecule has 0 aliphatic heterocycles. The lowest BCUT2D eigenvalue weighted by Gasteiger charge is -2.32. The number of aryl methyl sites for hydroxylation is 1. The third-order valence-corrected chi connectivity index (χ3v) is 5.70. The predicted molar refractivity (Wildman–Crippen MR) is 133 cm³/mol. The molecule has 0 radical (unpaired) electrons. The van der Waals surface area contributed by atoms with E-state index in [9.17, 15) is 9.18 Å². The summed E-state index contributed by atoms with van der Waals surface area (Å²) in [5.74, 6) is 0.709. The van der Waals surface area contributed by atoms with Crippen molar-refractivity contribution in [1.29, 1.82) is 0 Å². The van der Waals surface area contributed by atoms with Crippen LogP contribution in [0.15, 0.2) is 72.8 Å². The van der Waals surface area contributed by atoms with Crippen molar-refractivity contribution in [2.45, 2.75) is 53.0 Å². The van der Waals surface area contributed by atoms with Gasteiger partial charge in [-0.2, -0.15) is 0 Å². The highest BCUT2D eigenvalue weighted by Gasteiger charge is 2.27. The molecule has 0 fully saturated rings. The van der Waals surface area contributed by atoms with Gasteiger partial charge in [0.05, 0.1) is 17.9 Å². The summed E-state index contributed by atoms with van der Waals surface area (Å²) in [4.78, 5) is 24.5. The fourth-order valence-corrected chi connectivity index (χ4v) is 4.06. The fourth-order valence-electron chi connectivity index (χ4n) is 4.06. The van der Waals surface area contributed by atoms with Crippen molar-refractivity contribution in [3.05, 3.63) is 89.7 Å². The second kappa shape index (κ2) is 12.1. The quantitative estimate of drug-likeness (QED) is 0.319. The molecule has 1 heterocycles. The van der Waals surface area contributed by atoms with Crippen molar-refractivity contribution in [1.82, 2.24) is 14.9 Å². The summed E-state index contributed by atoms with van der Waals surface area (Å²) in [5.41, 5.74) is 3.32. The Morgan fingerprint density at radius 1 is 1.09 bits per heavy atom. The van der Waals surface area contributed by atoms with Gasteiger partial charge in [0, 0.05) is 24.5 Å². The van der Waals surface area contributed by atoms with E-state index in [1.165, 1.54) is 12.1 Å². The SMILES string of the molecule is CCC/C(=C\Oc1ccc(F)cc1)C(CC)N(CC)C(=O)c1cc(C)ccc1-c1ncccn1. The minimum absolute atomic E-state index is 0.0655. The van der Waals surface area contributed by atoms with E-state index in [4.69, 9.17) is 4.74 Å². The minimum atomic E-state index is -0.310. The molecular weight excluding hydrogens is 429 g/mol. The summed E-state index contributed by atoms with van der Waals surface area (Å²) in [5, 5.41) is 0. The van der Waals surface area contributed by atoms with Crippen LogP contribution in [0.5, 0.6) is 5.75 Å². The van der Waals surface area contributed by atoms with Crippen LogP contribution in [0.3, 0.4) is 0 Å². The number of aromatic nitrogens is 2. The number of hydrogen-bond donors (Lipinski definition) is 0. The zero-order valence-electron chi connectivity index (χ0n) is 20.3. The van der Waals surface area contributed by atoms with Crippen LogP contribution in [0.2, 0.25) is 0 Å². The maximum Gasteiger partial charge on any atom is 0.255 e. The number of likely N-dealkylation sites (N-methyl/N-ethyl adjacent to an activating group) is 1. The molecule has 0 aliphatic carbocycles. The zero-order chi connectivity index (χ0) is 24.5. The largest absolute Gasteiger partial charge is 0.465 e. The smallest absolute Gasteiger partial charge is 0.255 e. The number of halogens is 1. The first-order valence-electron chi connectivity index (χ1n) is 11.8. The van der Waals surface area contributed by atoms with Crippen molar-refractivity contribution >= 4 is 5.91 Å². The summed E-state index contributed by atoms with van der Waals surface area (Å²) >= 11 is 0. The van der Waals surface area contributed by atoms with Crippen molar-refractivity contribution in [3.63, 3.8) is 0 Å². The highest BCUT2D eigenvalue weighted by molar-refractivity contribution is 6.00. The lowest BCUT2D eigenvalue weighted by atomic mass is 9.97. The Morgan fingerprint density at radius 3 is 2.41 bits per heavy atom. The number of carbonyl (C=O) groups excluding carboxylic acids is 1. The molecule has 0 aliphatic rings. The standard InChI is InChI=1S/C28H32FN3O2/c1-5-9-21(19-34-23-13-11-22(29)12-14-23)26(6-2)32(7-3)28(33)25-18-20(4)10-15-24(25)27-30-16-8-17-31-27/h8,10-19,26H,5-7,9H2,1-4H3/b21-19+. The predicted octanol–water partition coefficient (Wildman–Crippen LogP) is 6.59. The van der Waals surface area contributed by atoms with Crippen molar-refractivity contribution < 1.29 is 13.9 Å². The molecule has 178 valence electrons. The van der Waals surface area contributed by atoms with Crippen molar-refractivity contribution in [2.75, 3.05) is 6.54 Å². The van der Waals surface area contributed by atoms with Gasteiger partial charge in [-0.25, -0.2) is 14.4 Å². The number of rotatable bonds is 10. The molecule has 6 heteroatoms. The maximum absolute atomic E-state index is 13.9. The molecule has 0 bridgehead atoms. The molecule has 2 aromatic carbocycles. The average molecular weight is 462 g/mol. The summed E-state index contributed by atoms with van der Waals surface area (Å²) in [6.45, 7) is 8.66. The molecule has 34 heavy (non-hydrogen) atoms. The molecular formula is C28H32FN3O2. The number of benzene rings is 2. The highest BCUT2D eigenvalue weighted by Crippen LogP contribution is 2.27. The van der Waals surface area contributed by atoms with Gasteiger partial charge < -0.3 is 9.64 Å². The van der Waals surface area contributed by atoms with Gasteiger partial charge >= 0.3 is 0 Å². The van der Waals surface area contributed by atoms with Crippen molar-refractivity contribution in [3.8, 4) is 17.1 Å². The molecule has 1 atom stereocenters. The molecule has 0 N–H and O–H groups in total. The van der Waals surface area contributed by atoms with Gasteiger partial charge in [0.25, 0.3) is 5.91 Å². The van der Waals surface area contributed by atoms with Crippen LogP contribution in [0.1, 0.15) is 56.0 Å². The molecule has 1 amide bonds. The van der Waals surface area contributed by atoms with Gasteiger partial charge in [-0.05, 0) is 68.7 Å². The second-order valence-corrected chi connectivity index (χ2v) is 8.15. The number of nitrogens with zero attached hydrogens (tertiary/aromatic N) is 3. The lowest BCUT2D eigenvalue weighted by molar-refractivity contribution is 0.0708. The lowest BCUT2D eigenvalue weighted by Crippen LogP contribution is -2.41. The van der Waals surface area contributed by atoms with E-state index in [0.717, 1.165) is 30.4 Å². The summed E-state index contributed by atoms with van der Waals surface area (Å²) in [6, 6.07) is 13.3. The van der Waals surface area contributed by atoms with E-state index in [-0.39, 0.29) is 17.8 Å². The molecule has 1 unspecified atom stereocenters. The summed E-state index contributed by atoms with van der Waals surface area (Å²) in [6.07, 6.45) is 7.51. The van der Waals surface area contributed by atoms with E-state index in [2.05, 4.69) is 23.8 Å². The van der Waals surface area contributed by atoms with Gasteiger partial charge in [0.2, 0.25) is 0 Å². The van der Waals surface area contributed by atoms with Gasteiger partial charge in [0.15, 0.2) is 5.82 Å². The Labute approximate surface area is 201 Å². The number of amides is 1. The number of hydrogen-bond acceptors (Lipinski definition) is 4. The topological polar surface area (TPSA) is 55.3 Å². The van der Waals surface area contributed by atoms with E-state index < -0.39 is 0 Å². The average Bonchev–Trinajstić information content (AvgIpc) is 2.86. The molecule has 5 nitrogen and oxygen atoms in total. The van der Waals surface area contributed by atoms with E-state index >= 15 is 0 Å². The van der Waals surface area contributed by atoms with Gasteiger partial charge in [-0.3, -0.25) is 4.79 Å². The van der Waals surface area contributed by atoms with Crippen LogP contribution in [0.25, 0.3) is 11.4 Å². The first-order valence-corrected chi connectivity index (χ1v) is 11.8. The molecule has 1 aromatic heterocycles. The van der Waals surface area contributed by atoms with Crippen molar-refractivity contribution in [2.24, 2.45) is 0 Å². The highest BCUT2D eigenvalue weighted by atomic mass is 19.1. The van der Waals surface area contributed by atoms with Crippen LogP contribution >= 0.6 is 0 Å². The summed E-state index contributed by atoms with van der Waals surface area (Å²) < 4.78 is 19.1.